The zero-order valence-corrected chi connectivity index (χ0v) is 20.9. The van der Waals surface area contributed by atoms with Gasteiger partial charge >= 0.3 is 0 Å². The van der Waals surface area contributed by atoms with E-state index in [0.717, 1.165) is 29.8 Å². The molecule has 0 aliphatic heterocycles. The highest BCUT2D eigenvalue weighted by Crippen LogP contribution is 2.19. The number of nitrogens with one attached hydrogen (secondary N) is 4. The molecule has 2 heterocycles. The van der Waals surface area contributed by atoms with Crippen LogP contribution >= 0.6 is 0 Å². The Labute approximate surface area is 209 Å². The molecule has 188 valence electrons. The van der Waals surface area contributed by atoms with Crippen LogP contribution in [0.2, 0.25) is 0 Å². The van der Waals surface area contributed by atoms with Gasteiger partial charge in [0.05, 0.1) is 11.3 Å². The van der Waals surface area contributed by atoms with E-state index >= 15 is 0 Å². The number of benzene rings is 2. The Morgan fingerprint density at radius 1 is 1.06 bits per heavy atom. The number of carbonyl (C=O) groups excluding carboxylic acids is 1. The molecule has 2 aromatic heterocycles. The zero-order chi connectivity index (χ0) is 25.7. The van der Waals surface area contributed by atoms with E-state index in [9.17, 15) is 9.18 Å². The van der Waals surface area contributed by atoms with Gasteiger partial charge in [-0.25, -0.2) is 14.4 Å². The molecule has 0 saturated carbocycles. The first kappa shape index (κ1) is 25.2. The second-order valence-electron chi connectivity index (χ2n) is 8.86. The molecule has 9 nitrogen and oxygen atoms in total. The normalized spacial score (nSPS) is 12.0. The van der Waals surface area contributed by atoms with Crippen molar-refractivity contribution in [3.05, 3.63) is 70.3 Å². The summed E-state index contributed by atoms with van der Waals surface area (Å²) in [6.07, 6.45) is 3.42. The molecule has 0 aliphatic rings. The number of carbonyl (C=O) groups is 1. The van der Waals surface area contributed by atoms with E-state index in [1.807, 2.05) is 13.1 Å². The summed E-state index contributed by atoms with van der Waals surface area (Å²) in [6.45, 7) is 9.06. The number of nitrogens with zero attached hydrogens (tertiary/aromatic N) is 4. The first-order valence-corrected chi connectivity index (χ1v) is 12.1. The smallest absolute Gasteiger partial charge is 0.254 e. The van der Waals surface area contributed by atoms with Crippen LogP contribution in [0.4, 0.5) is 16.0 Å². The second-order valence-corrected chi connectivity index (χ2v) is 8.86. The largest absolute Gasteiger partial charge is 0.350 e. The molecule has 4 N–H and O–H groups in total. The van der Waals surface area contributed by atoms with Crippen molar-refractivity contribution in [3.8, 4) is 0 Å². The Hall–Kier alpha value is -3.92. The number of halogens is 1. The Morgan fingerprint density at radius 3 is 2.47 bits per heavy atom. The molecule has 36 heavy (non-hydrogen) atoms. The molecule has 0 bridgehead atoms. The molecule has 2 aromatic carbocycles. The number of hydrogen-bond donors (Lipinski definition) is 4. The van der Waals surface area contributed by atoms with Crippen molar-refractivity contribution >= 4 is 28.6 Å². The summed E-state index contributed by atoms with van der Waals surface area (Å²) in [5.74, 6) is -0.588. The number of aryl methyl sites for hydroxylation is 3. The predicted octanol–water partition coefficient (Wildman–Crippen LogP) is 4.11. The second kappa shape index (κ2) is 11.2. The molecule has 0 aliphatic carbocycles. The van der Waals surface area contributed by atoms with Gasteiger partial charge in [0.2, 0.25) is 5.95 Å². The Bertz CT molecular complexity index is 1350. The number of H-pyrrole nitrogens is 1. The molecule has 4 rings (SSSR count). The molecule has 10 heteroatoms. The third-order valence-electron chi connectivity index (χ3n) is 6.02. The van der Waals surface area contributed by atoms with Crippen molar-refractivity contribution in [2.75, 3.05) is 11.9 Å². The van der Waals surface area contributed by atoms with Gasteiger partial charge < -0.3 is 16.0 Å². The summed E-state index contributed by atoms with van der Waals surface area (Å²) < 4.78 is 14.4. The van der Waals surface area contributed by atoms with Gasteiger partial charge in [-0.05, 0) is 61.6 Å². The summed E-state index contributed by atoms with van der Waals surface area (Å²) in [5.41, 5.74) is 5.98. The number of rotatable bonds is 10. The minimum Gasteiger partial charge on any atom is -0.350 e. The molecule has 0 spiro atoms. The fourth-order valence-corrected chi connectivity index (χ4v) is 4.08. The molecule has 0 saturated heterocycles. The minimum atomic E-state index is -0.632. The van der Waals surface area contributed by atoms with Crippen molar-refractivity contribution in [3.63, 3.8) is 0 Å². The first-order chi connectivity index (χ1) is 17.4. The van der Waals surface area contributed by atoms with E-state index in [1.165, 1.54) is 23.3 Å². The maximum Gasteiger partial charge on any atom is 0.254 e. The molecular weight excluding hydrogens is 459 g/mol. The van der Waals surface area contributed by atoms with Crippen LogP contribution in [0.25, 0.3) is 11.0 Å². The van der Waals surface area contributed by atoms with Crippen LogP contribution < -0.4 is 16.0 Å². The van der Waals surface area contributed by atoms with Crippen LogP contribution in [0.5, 0.6) is 0 Å². The summed E-state index contributed by atoms with van der Waals surface area (Å²) >= 11 is 0. The van der Waals surface area contributed by atoms with Crippen molar-refractivity contribution in [1.82, 2.24) is 36.0 Å². The quantitative estimate of drug-likeness (QED) is 0.264. The van der Waals surface area contributed by atoms with Crippen LogP contribution in [0.3, 0.4) is 0 Å². The Morgan fingerprint density at radius 2 is 1.78 bits per heavy atom. The van der Waals surface area contributed by atoms with E-state index < -0.39 is 11.7 Å². The van der Waals surface area contributed by atoms with Crippen LogP contribution in [0.1, 0.15) is 53.0 Å². The zero-order valence-electron chi connectivity index (χ0n) is 20.9. The van der Waals surface area contributed by atoms with Crippen molar-refractivity contribution in [1.29, 1.82) is 0 Å². The minimum absolute atomic E-state index is 0.0247. The molecule has 1 amide bonds. The maximum absolute atomic E-state index is 14.4. The predicted molar refractivity (Wildman–Crippen MR) is 138 cm³/mol. The Balaban J connectivity index is 1.39. The summed E-state index contributed by atoms with van der Waals surface area (Å²) in [7, 11) is 0. The van der Waals surface area contributed by atoms with Crippen molar-refractivity contribution < 1.29 is 9.18 Å². The van der Waals surface area contributed by atoms with Gasteiger partial charge in [-0.3, -0.25) is 4.79 Å². The number of aromatic amines is 1. The summed E-state index contributed by atoms with van der Waals surface area (Å²) in [5, 5.41) is 19.8. The lowest BCUT2D eigenvalue weighted by Gasteiger charge is -2.19. The fraction of sp³-hybridized carbons (Fsp3) is 0.346. The molecule has 0 radical (unpaired) electrons. The van der Waals surface area contributed by atoms with Crippen LogP contribution in [-0.4, -0.2) is 43.9 Å². The lowest BCUT2D eigenvalue weighted by atomic mass is 10.1. The highest BCUT2D eigenvalue weighted by Gasteiger charge is 2.17. The molecule has 4 aromatic rings. The van der Waals surface area contributed by atoms with Gasteiger partial charge in [0, 0.05) is 37.1 Å². The molecule has 0 fully saturated rings. The fourth-order valence-electron chi connectivity index (χ4n) is 4.08. The van der Waals surface area contributed by atoms with Crippen molar-refractivity contribution in [2.24, 2.45) is 0 Å². The number of anilines is 2. The summed E-state index contributed by atoms with van der Waals surface area (Å²) in [4.78, 5) is 21.8. The van der Waals surface area contributed by atoms with Crippen LogP contribution in [-0.2, 0) is 13.0 Å². The van der Waals surface area contributed by atoms with E-state index in [0.29, 0.717) is 30.1 Å². The highest BCUT2D eigenvalue weighted by molar-refractivity contribution is 5.97. The van der Waals surface area contributed by atoms with Gasteiger partial charge in [0.1, 0.15) is 16.9 Å². The first-order valence-electron chi connectivity index (χ1n) is 12.1. The maximum atomic E-state index is 14.4. The average molecular weight is 491 g/mol. The summed E-state index contributed by atoms with van der Waals surface area (Å²) in [6, 6.07) is 8.81. The van der Waals surface area contributed by atoms with Crippen LogP contribution in [0.15, 0.2) is 36.5 Å². The third kappa shape index (κ3) is 6.01. The lowest BCUT2D eigenvalue weighted by molar-refractivity contribution is 0.0945. The van der Waals surface area contributed by atoms with E-state index in [-0.39, 0.29) is 11.6 Å². The standard InChI is InChI=1S/C26H31FN8O/c1-5-17-12-30-26(31-19-8-15(3)7-16(4)9-19)32-24(17)14-28-18(6-2)13-29-25(36)20-10-22-23(11-21(20)27)34-35-33-22/h7-12,18,28H,5-6,13-14H2,1-4H3,(H,29,36)(H,30,31,32)(H,33,34,35). The van der Waals surface area contributed by atoms with Gasteiger partial charge in [0.15, 0.2) is 0 Å². The number of fused-ring (bicyclic) bond motifs is 1. The van der Waals surface area contributed by atoms with Gasteiger partial charge in [-0.2, -0.15) is 15.4 Å². The molecular formula is C26H31FN8O. The van der Waals surface area contributed by atoms with Crippen molar-refractivity contribution in [2.45, 2.75) is 53.1 Å². The number of aromatic nitrogens is 5. The van der Waals surface area contributed by atoms with Gasteiger partial charge in [-0.1, -0.05) is 19.9 Å². The van der Waals surface area contributed by atoms with Crippen LogP contribution in [0, 0.1) is 19.7 Å². The van der Waals surface area contributed by atoms with E-state index in [1.54, 1.807) is 0 Å². The van der Waals surface area contributed by atoms with Gasteiger partial charge in [-0.15, -0.1) is 0 Å². The van der Waals surface area contributed by atoms with E-state index in [4.69, 9.17) is 4.98 Å². The topological polar surface area (TPSA) is 121 Å². The third-order valence-corrected chi connectivity index (χ3v) is 6.02. The van der Waals surface area contributed by atoms with E-state index in [2.05, 4.69) is 75.3 Å². The average Bonchev–Trinajstić information content (AvgIpc) is 3.30. The Kier molecular flexibility index (Phi) is 7.84. The molecule has 1 unspecified atom stereocenters. The monoisotopic (exact) mass is 490 g/mol. The number of hydrogen-bond acceptors (Lipinski definition) is 7. The molecule has 1 atom stereocenters. The van der Waals surface area contributed by atoms with Gasteiger partial charge in [0.25, 0.3) is 5.91 Å². The SMILES string of the molecule is CCc1cnc(Nc2cc(C)cc(C)c2)nc1CNC(CC)CNC(=O)c1cc2n[nH]nc2cc1F. The highest BCUT2D eigenvalue weighted by atomic mass is 19.1. The lowest BCUT2D eigenvalue weighted by Crippen LogP contribution is -2.40. The number of amides is 1.